The number of phenolic OH excluding ortho intramolecular Hbond substituents is 1. The lowest BCUT2D eigenvalue weighted by Crippen LogP contribution is -2.58. The Labute approximate surface area is 237 Å². The SMILES string of the molecule is NC(N)=NCCCC(NC(=O)C(Cc1ccccc1)NC(=O)C(N)Cc1ccc(O)cc1)C(=O)NC(CO)C(=O)O. The average Bonchev–Trinajstić information content (AvgIpc) is 2.94. The van der Waals surface area contributed by atoms with Crippen LogP contribution in [0.3, 0.4) is 0 Å². The highest BCUT2D eigenvalue weighted by atomic mass is 16.4. The fourth-order valence-corrected chi connectivity index (χ4v) is 3.82. The number of nitrogens with zero attached hydrogens (tertiary/aromatic N) is 1. The third-order valence-electron chi connectivity index (χ3n) is 6.02. The topological polar surface area (TPSA) is 255 Å². The van der Waals surface area contributed by atoms with E-state index >= 15 is 0 Å². The molecule has 0 aliphatic carbocycles. The number of amides is 3. The fraction of sp³-hybridized carbons (Fsp3) is 0.370. The molecule has 41 heavy (non-hydrogen) atoms. The number of hydrogen-bond donors (Lipinski definition) is 9. The molecule has 0 fully saturated rings. The molecular formula is C27H37N7O7. The van der Waals surface area contributed by atoms with E-state index in [-0.39, 0.29) is 43.9 Å². The van der Waals surface area contributed by atoms with Crippen molar-refractivity contribution in [3.63, 3.8) is 0 Å². The smallest absolute Gasteiger partial charge is 0.328 e. The van der Waals surface area contributed by atoms with Crippen molar-refractivity contribution in [3.05, 3.63) is 65.7 Å². The number of carboxylic acids is 1. The minimum absolute atomic E-state index is 0.0263. The zero-order valence-electron chi connectivity index (χ0n) is 22.4. The molecule has 0 spiro atoms. The van der Waals surface area contributed by atoms with Gasteiger partial charge in [0.1, 0.15) is 23.9 Å². The quantitative estimate of drug-likeness (QED) is 0.0613. The summed E-state index contributed by atoms with van der Waals surface area (Å²) < 4.78 is 0. The number of phenols is 1. The summed E-state index contributed by atoms with van der Waals surface area (Å²) in [5, 5.41) is 35.4. The zero-order valence-corrected chi connectivity index (χ0v) is 22.4. The Morgan fingerprint density at radius 2 is 1.34 bits per heavy atom. The Morgan fingerprint density at radius 3 is 1.93 bits per heavy atom. The van der Waals surface area contributed by atoms with Crippen LogP contribution in [0.15, 0.2) is 59.6 Å². The number of aromatic hydroxyl groups is 1. The standard InChI is InChI=1S/C27H37N7O7/c28-19(13-17-8-10-18(36)11-9-17)23(37)33-21(14-16-5-2-1-3-6-16)25(39)32-20(7-4-12-31-27(29)30)24(38)34-22(15-35)26(40)41/h1-3,5-6,8-11,19-22,35-36H,4,7,12-15,28H2,(H,32,39)(H,33,37)(H,34,38)(H,40,41)(H4,29,30,31). The highest BCUT2D eigenvalue weighted by Crippen LogP contribution is 2.12. The van der Waals surface area contributed by atoms with Gasteiger partial charge in [-0.1, -0.05) is 42.5 Å². The third kappa shape index (κ3) is 11.5. The maximum Gasteiger partial charge on any atom is 0.328 e. The maximum atomic E-state index is 13.4. The van der Waals surface area contributed by atoms with Crippen molar-refractivity contribution in [2.24, 2.45) is 22.2 Å². The Morgan fingerprint density at radius 1 is 0.780 bits per heavy atom. The number of nitrogens with one attached hydrogen (secondary N) is 3. The summed E-state index contributed by atoms with van der Waals surface area (Å²) >= 11 is 0. The molecule has 222 valence electrons. The number of aliphatic imine (C=N–C) groups is 1. The summed E-state index contributed by atoms with van der Waals surface area (Å²) in [7, 11) is 0. The molecule has 14 nitrogen and oxygen atoms in total. The molecule has 4 atom stereocenters. The minimum Gasteiger partial charge on any atom is -0.508 e. The van der Waals surface area contributed by atoms with Gasteiger partial charge in [-0.15, -0.1) is 0 Å². The Balaban J connectivity index is 2.22. The van der Waals surface area contributed by atoms with Gasteiger partial charge in [-0.05, 0) is 42.5 Å². The van der Waals surface area contributed by atoms with Crippen LogP contribution in [0.4, 0.5) is 0 Å². The third-order valence-corrected chi connectivity index (χ3v) is 6.02. The molecule has 0 saturated heterocycles. The van der Waals surface area contributed by atoms with Gasteiger partial charge in [0.25, 0.3) is 0 Å². The molecule has 4 unspecified atom stereocenters. The van der Waals surface area contributed by atoms with E-state index in [9.17, 15) is 34.5 Å². The Kier molecular flexibility index (Phi) is 13.0. The summed E-state index contributed by atoms with van der Waals surface area (Å²) in [6.45, 7) is -0.720. The highest BCUT2D eigenvalue weighted by molar-refractivity contribution is 5.94. The van der Waals surface area contributed by atoms with E-state index < -0.39 is 54.5 Å². The summed E-state index contributed by atoms with van der Waals surface area (Å²) in [5.74, 6) is -3.72. The monoisotopic (exact) mass is 571 g/mol. The Hall–Kier alpha value is -4.69. The summed E-state index contributed by atoms with van der Waals surface area (Å²) in [4.78, 5) is 54.5. The number of nitrogens with two attached hydrogens (primary N) is 3. The number of carbonyl (C=O) groups is 4. The normalized spacial score (nSPS) is 13.6. The molecule has 2 aromatic rings. The number of aliphatic hydroxyl groups is 1. The van der Waals surface area contributed by atoms with Gasteiger partial charge in [0.2, 0.25) is 17.7 Å². The van der Waals surface area contributed by atoms with Crippen molar-refractivity contribution in [3.8, 4) is 5.75 Å². The van der Waals surface area contributed by atoms with Crippen LogP contribution in [0, 0.1) is 0 Å². The molecule has 14 heteroatoms. The largest absolute Gasteiger partial charge is 0.508 e. The number of carbonyl (C=O) groups excluding carboxylic acids is 3. The van der Waals surface area contributed by atoms with E-state index in [1.165, 1.54) is 12.1 Å². The number of benzene rings is 2. The first-order valence-corrected chi connectivity index (χ1v) is 12.9. The van der Waals surface area contributed by atoms with Gasteiger partial charge < -0.3 is 48.5 Å². The van der Waals surface area contributed by atoms with E-state index in [1.807, 2.05) is 0 Å². The van der Waals surface area contributed by atoms with Crippen LogP contribution in [0.25, 0.3) is 0 Å². The predicted octanol–water partition coefficient (Wildman–Crippen LogP) is -1.91. The summed E-state index contributed by atoms with van der Waals surface area (Å²) in [5.41, 5.74) is 18.2. The molecular weight excluding hydrogens is 534 g/mol. The van der Waals surface area contributed by atoms with Gasteiger partial charge in [-0.3, -0.25) is 19.4 Å². The van der Waals surface area contributed by atoms with Crippen LogP contribution in [0.1, 0.15) is 24.0 Å². The van der Waals surface area contributed by atoms with Crippen molar-refractivity contribution in [2.75, 3.05) is 13.2 Å². The van der Waals surface area contributed by atoms with Gasteiger partial charge >= 0.3 is 5.97 Å². The molecule has 0 saturated carbocycles. The van der Waals surface area contributed by atoms with E-state index in [0.717, 1.165) is 5.56 Å². The first kappa shape index (κ1) is 32.5. The zero-order chi connectivity index (χ0) is 30.4. The lowest BCUT2D eigenvalue weighted by Gasteiger charge is -2.25. The first-order valence-electron chi connectivity index (χ1n) is 12.9. The number of aliphatic carboxylic acids is 1. The second-order valence-electron chi connectivity index (χ2n) is 9.32. The molecule has 0 aliphatic rings. The highest BCUT2D eigenvalue weighted by Gasteiger charge is 2.30. The van der Waals surface area contributed by atoms with Crippen molar-refractivity contribution >= 4 is 29.7 Å². The first-order chi connectivity index (χ1) is 19.5. The minimum atomic E-state index is -1.59. The molecule has 0 aliphatic heterocycles. The van der Waals surface area contributed by atoms with Crippen LogP contribution in [-0.2, 0) is 32.0 Å². The van der Waals surface area contributed by atoms with Crippen molar-refractivity contribution < 1.29 is 34.5 Å². The molecule has 0 heterocycles. The lowest BCUT2D eigenvalue weighted by molar-refractivity contribution is -0.143. The second-order valence-corrected chi connectivity index (χ2v) is 9.32. The van der Waals surface area contributed by atoms with Crippen LogP contribution in [0.5, 0.6) is 5.75 Å². The molecule has 0 bridgehead atoms. The van der Waals surface area contributed by atoms with Gasteiger partial charge in [0.15, 0.2) is 5.96 Å². The van der Waals surface area contributed by atoms with E-state index in [4.69, 9.17) is 17.2 Å². The lowest BCUT2D eigenvalue weighted by atomic mass is 10.0. The van der Waals surface area contributed by atoms with Gasteiger partial charge in [-0.25, -0.2) is 4.79 Å². The summed E-state index contributed by atoms with van der Waals surface area (Å²) in [6, 6.07) is 10.1. The molecule has 0 radical (unpaired) electrons. The van der Waals surface area contributed by atoms with Crippen molar-refractivity contribution in [1.82, 2.24) is 16.0 Å². The Bertz CT molecular complexity index is 1190. The van der Waals surface area contributed by atoms with Crippen LogP contribution >= 0.6 is 0 Å². The number of aliphatic hydroxyl groups excluding tert-OH is 1. The summed E-state index contributed by atoms with van der Waals surface area (Å²) in [6.07, 6.45) is 0.485. The fourth-order valence-electron chi connectivity index (χ4n) is 3.82. The van der Waals surface area contributed by atoms with Crippen LogP contribution < -0.4 is 33.2 Å². The maximum absolute atomic E-state index is 13.4. The van der Waals surface area contributed by atoms with Gasteiger partial charge in [-0.2, -0.15) is 0 Å². The number of guanidine groups is 1. The molecule has 12 N–H and O–H groups in total. The van der Waals surface area contributed by atoms with Crippen molar-refractivity contribution in [2.45, 2.75) is 49.9 Å². The van der Waals surface area contributed by atoms with E-state index in [1.54, 1.807) is 42.5 Å². The molecule has 2 aromatic carbocycles. The van der Waals surface area contributed by atoms with Gasteiger partial charge in [0.05, 0.1) is 12.6 Å². The number of rotatable bonds is 16. The van der Waals surface area contributed by atoms with E-state index in [2.05, 4.69) is 20.9 Å². The van der Waals surface area contributed by atoms with E-state index in [0.29, 0.717) is 5.56 Å². The van der Waals surface area contributed by atoms with Gasteiger partial charge in [0, 0.05) is 13.0 Å². The molecule has 0 aromatic heterocycles. The molecule has 3 amide bonds. The average molecular weight is 572 g/mol. The van der Waals surface area contributed by atoms with Crippen molar-refractivity contribution in [1.29, 1.82) is 0 Å². The second kappa shape index (κ2) is 16.4. The van der Waals surface area contributed by atoms with Crippen LogP contribution in [0.2, 0.25) is 0 Å². The predicted molar refractivity (Wildman–Crippen MR) is 150 cm³/mol. The number of hydrogen-bond acceptors (Lipinski definition) is 8. The van der Waals surface area contributed by atoms with Crippen LogP contribution in [-0.4, -0.2) is 82.3 Å². The number of carboxylic acid groups (broad SMARTS) is 1. The molecule has 2 rings (SSSR count).